The number of nitrogens with zero attached hydrogens (tertiary/aromatic N) is 2. The Morgan fingerprint density at radius 1 is 1.41 bits per heavy atom. The second kappa shape index (κ2) is 6.32. The van der Waals surface area contributed by atoms with Crippen LogP contribution in [0.1, 0.15) is 24.8 Å². The molecule has 1 saturated carbocycles. The van der Waals surface area contributed by atoms with E-state index >= 15 is 0 Å². The van der Waals surface area contributed by atoms with E-state index in [4.69, 9.17) is 0 Å². The zero-order chi connectivity index (χ0) is 15.6. The first kappa shape index (κ1) is 15.4. The van der Waals surface area contributed by atoms with Crippen LogP contribution in [0.3, 0.4) is 0 Å². The van der Waals surface area contributed by atoms with Crippen molar-refractivity contribution in [3.63, 3.8) is 0 Å². The first-order valence-electron chi connectivity index (χ1n) is 7.86. The molecular weight excluding hydrogens is 300 g/mol. The summed E-state index contributed by atoms with van der Waals surface area (Å²) in [5, 5.41) is 6.71. The van der Waals surface area contributed by atoms with Gasteiger partial charge in [-0.1, -0.05) is 0 Å². The van der Waals surface area contributed by atoms with E-state index < -0.39 is 9.84 Å². The van der Waals surface area contributed by atoms with Crippen molar-refractivity contribution in [1.82, 2.24) is 15.2 Å². The molecule has 1 saturated heterocycles. The average Bonchev–Trinajstić information content (AvgIpc) is 3.07. The first-order chi connectivity index (χ1) is 10.5. The minimum atomic E-state index is -2.81. The molecule has 7 heteroatoms. The SMILES string of the molecule is Cn1ccc(CN=C(NCC2CCS(=O)(=O)C2)NC2CC2)c1. The number of nitrogens with one attached hydrogen (secondary N) is 2. The Bertz CT molecular complexity index is 646. The fraction of sp³-hybridized carbons (Fsp3) is 0.667. The quantitative estimate of drug-likeness (QED) is 0.616. The summed E-state index contributed by atoms with van der Waals surface area (Å²) < 4.78 is 25.0. The van der Waals surface area contributed by atoms with Crippen LogP contribution in [0, 0.1) is 5.92 Å². The van der Waals surface area contributed by atoms with Crippen molar-refractivity contribution in [2.45, 2.75) is 31.8 Å². The van der Waals surface area contributed by atoms with E-state index in [2.05, 4.69) is 27.9 Å². The van der Waals surface area contributed by atoms with Gasteiger partial charge in [-0.15, -0.1) is 0 Å². The lowest BCUT2D eigenvalue weighted by Gasteiger charge is -2.14. The van der Waals surface area contributed by atoms with E-state index in [-0.39, 0.29) is 5.92 Å². The second-order valence-electron chi connectivity index (χ2n) is 6.42. The van der Waals surface area contributed by atoms with Gasteiger partial charge in [0.2, 0.25) is 0 Å². The van der Waals surface area contributed by atoms with E-state index in [9.17, 15) is 8.42 Å². The van der Waals surface area contributed by atoms with Gasteiger partial charge in [-0.2, -0.15) is 0 Å². The number of aryl methyl sites for hydroxylation is 1. The fourth-order valence-corrected chi connectivity index (χ4v) is 4.53. The highest BCUT2D eigenvalue weighted by molar-refractivity contribution is 7.91. The van der Waals surface area contributed by atoms with Crippen LogP contribution in [-0.2, 0) is 23.4 Å². The van der Waals surface area contributed by atoms with Gasteiger partial charge in [-0.25, -0.2) is 13.4 Å². The lowest BCUT2D eigenvalue weighted by molar-refractivity contribution is 0.566. The summed E-state index contributed by atoms with van der Waals surface area (Å²) >= 11 is 0. The summed E-state index contributed by atoms with van der Waals surface area (Å²) in [5.41, 5.74) is 1.17. The van der Waals surface area contributed by atoms with E-state index in [1.165, 1.54) is 18.4 Å². The molecule has 1 aromatic rings. The third-order valence-electron chi connectivity index (χ3n) is 4.12. The van der Waals surface area contributed by atoms with Crippen LogP contribution in [0.4, 0.5) is 0 Å². The predicted octanol–water partition coefficient (Wildman–Crippen LogP) is 0.657. The summed E-state index contributed by atoms with van der Waals surface area (Å²) in [4.78, 5) is 4.62. The molecule has 2 aliphatic rings. The first-order valence-corrected chi connectivity index (χ1v) is 9.68. The van der Waals surface area contributed by atoms with Crippen LogP contribution in [0.5, 0.6) is 0 Å². The largest absolute Gasteiger partial charge is 0.357 e. The summed E-state index contributed by atoms with van der Waals surface area (Å²) in [5.74, 6) is 1.63. The van der Waals surface area contributed by atoms with Gasteiger partial charge < -0.3 is 15.2 Å². The molecule has 6 nitrogen and oxygen atoms in total. The standard InChI is InChI=1S/C15H24N4O2S/c1-19-6-4-12(10-19)8-16-15(18-14-2-3-14)17-9-13-5-7-22(20,21)11-13/h4,6,10,13-14H,2-3,5,7-9,11H2,1H3,(H2,16,17,18). The molecule has 0 aromatic carbocycles. The summed E-state index contributed by atoms with van der Waals surface area (Å²) in [6, 6.07) is 2.58. The fourth-order valence-electron chi connectivity index (χ4n) is 2.67. The second-order valence-corrected chi connectivity index (χ2v) is 8.65. The summed E-state index contributed by atoms with van der Waals surface area (Å²) in [7, 11) is -0.814. The van der Waals surface area contributed by atoms with Gasteiger partial charge in [0.15, 0.2) is 15.8 Å². The lowest BCUT2D eigenvalue weighted by atomic mass is 10.1. The topological polar surface area (TPSA) is 75.5 Å². The van der Waals surface area contributed by atoms with Gasteiger partial charge in [0.05, 0.1) is 18.1 Å². The van der Waals surface area contributed by atoms with Crippen LogP contribution in [0.25, 0.3) is 0 Å². The molecule has 1 atom stereocenters. The van der Waals surface area contributed by atoms with Crippen LogP contribution in [0.15, 0.2) is 23.5 Å². The average molecular weight is 324 g/mol. The van der Waals surface area contributed by atoms with Crippen molar-refractivity contribution in [2.75, 3.05) is 18.1 Å². The van der Waals surface area contributed by atoms with Gasteiger partial charge in [0, 0.05) is 32.0 Å². The third kappa shape index (κ3) is 4.50. The highest BCUT2D eigenvalue weighted by atomic mass is 32.2. The molecular formula is C15H24N4O2S. The van der Waals surface area contributed by atoms with Crippen molar-refractivity contribution in [2.24, 2.45) is 18.0 Å². The Morgan fingerprint density at radius 2 is 2.23 bits per heavy atom. The highest BCUT2D eigenvalue weighted by Gasteiger charge is 2.28. The molecule has 0 amide bonds. The minimum Gasteiger partial charge on any atom is -0.357 e. The molecule has 3 rings (SSSR count). The smallest absolute Gasteiger partial charge is 0.191 e. The molecule has 1 aliphatic heterocycles. The van der Waals surface area contributed by atoms with Crippen LogP contribution >= 0.6 is 0 Å². The third-order valence-corrected chi connectivity index (χ3v) is 5.95. The van der Waals surface area contributed by atoms with Crippen molar-refractivity contribution >= 4 is 15.8 Å². The molecule has 22 heavy (non-hydrogen) atoms. The monoisotopic (exact) mass is 324 g/mol. The Morgan fingerprint density at radius 3 is 2.82 bits per heavy atom. The molecule has 1 unspecified atom stereocenters. The van der Waals surface area contributed by atoms with Crippen LogP contribution in [0.2, 0.25) is 0 Å². The maximum absolute atomic E-state index is 11.5. The van der Waals surface area contributed by atoms with E-state index in [1.54, 1.807) is 0 Å². The number of hydrogen-bond acceptors (Lipinski definition) is 3. The molecule has 0 bridgehead atoms. The van der Waals surface area contributed by atoms with E-state index in [0.29, 0.717) is 30.6 Å². The molecule has 2 N–H and O–H groups in total. The Labute approximate surface area is 131 Å². The van der Waals surface area contributed by atoms with Gasteiger partial charge >= 0.3 is 0 Å². The Hall–Kier alpha value is -1.50. The number of aliphatic imine (C=N–C) groups is 1. The number of hydrogen-bond donors (Lipinski definition) is 2. The van der Waals surface area contributed by atoms with Crippen LogP contribution in [-0.4, -0.2) is 43.0 Å². The Kier molecular flexibility index (Phi) is 4.42. The number of rotatable bonds is 5. The van der Waals surface area contributed by atoms with Crippen molar-refractivity contribution in [1.29, 1.82) is 0 Å². The predicted molar refractivity (Wildman–Crippen MR) is 87.5 cm³/mol. The van der Waals surface area contributed by atoms with E-state index in [1.807, 2.05) is 17.8 Å². The molecule has 0 radical (unpaired) electrons. The number of guanidine groups is 1. The zero-order valence-corrected chi connectivity index (χ0v) is 13.8. The maximum atomic E-state index is 11.5. The zero-order valence-electron chi connectivity index (χ0n) is 13.0. The van der Waals surface area contributed by atoms with E-state index in [0.717, 1.165) is 12.4 Å². The summed E-state index contributed by atoms with van der Waals surface area (Å²) in [6.45, 7) is 1.30. The molecule has 0 spiro atoms. The molecule has 1 aromatic heterocycles. The van der Waals surface area contributed by atoms with Crippen molar-refractivity contribution in [3.8, 4) is 0 Å². The molecule has 2 fully saturated rings. The van der Waals surface area contributed by atoms with Gasteiger partial charge in [0.25, 0.3) is 0 Å². The van der Waals surface area contributed by atoms with Gasteiger partial charge in [-0.3, -0.25) is 0 Å². The summed E-state index contributed by atoms with van der Waals surface area (Å²) in [6.07, 6.45) is 7.19. The molecule has 122 valence electrons. The molecule has 1 aliphatic carbocycles. The van der Waals surface area contributed by atoms with Crippen LogP contribution < -0.4 is 10.6 Å². The van der Waals surface area contributed by atoms with Gasteiger partial charge in [-0.05, 0) is 36.8 Å². The molecule has 2 heterocycles. The minimum absolute atomic E-state index is 0.202. The number of sulfone groups is 1. The van der Waals surface area contributed by atoms with Gasteiger partial charge in [0.1, 0.15) is 0 Å². The normalized spacial score (nSPS) is 24.4. The lowest BCUT2D eigenvalue weighted by Crippen LogP contribution is -2.41. The van der Waals surface area contributed by atoms with Crippen molar-refractivity contribution in [3.05, 3.63) is 24.0 Å². The maximum Gasteiger partial charge on any atom is 0.191 e. The number of aromatic nitrogens is 1. The Balaban J connectivity index is 1.55. The highest BCUT2D eigenvalue weighted by Crippen LogP contribution is 2.19. The van der Waals surface area contributed by atoms with Crippen molar-refractivity contribution < 1.29 is 8.42 Å².